The Morgan fingerprint density at radius 2 is 1.86 bits per heavy atom. The largest absolute Gasteiger partial charge is 0.484 e. The monoisotopic (exact) mass is 400 g/mol. The van der Waals surface area contributed by atoms with E-state index in [0.717, 1.165) is 37.4 Å². The maximum atomic E-state index is 12.6. The van der Waals surface area contributed by atoms with E-state index >= 15 is 0 Å². The molecule has 0 aromatic heterocycles. The van der Waals surface area contributed by atoms with Crippen LogP contribution in [0, 0.1) is 19.3 Å². The van der Waals surface area contributed by atoms with E-state index < -0.39 is 5.41 Å². The number of ether oxygens (including phenoxy) is 2. The summed E-state index contributed by atoms with van der Waals surface area (Å²) >= 11 is 0. The number of piperidine rings is 1. The van der Waals surface area contributed by atoms with Gasteiger partial charge in [-0.1, -0.05) is 6.07 Å². The lowest BCUT2D eigenvalue weighted by atomic mass is 9.76. The molecule has 1 aromatic carbocycles. The van der Waals surface area contributed by atoms with Gasteiger partial charge >= 0.3 is 5.97 Å². The maximum Gasteiger partial charge on any atom is 0.312 e. The number of nitrogens with zero attached hydrogens (tertiary/aromatic N) is 2. The third kappa shape index (κ3) is 4.42. The van der Waals surface area contributed by atoms with Crippen LogP contribution in [0.25, 0.3) is 0 Å². The van der Waals surface area contributed by atoms with Gasteiger partial charge in [0.25, 0.3) is 5.91 Å². The van der Waals surface area contributed by atoms with Crippen molar-refractivity contribution in [3.05, 3.63) is 29.3 Å². The Bertz CT molecular complexity index is 764. The highest BCUT2D eigenvalue weighted by Gasteiger charge is 2.51. The summed E-state index contributed by atoms with van der Waals surface area (Å²) in [7, 11) is 0. The van der Waals surface area contributed by atoms with E-state index in [1.807, 2.05) is 30.0 Å². The number of likely N-dealkylation sites (tertiary alicyclic amines) is 2. The highest BCUT2D eigenvalue weighted by atomic mass is 16.6. The number of carbonyl (C=O) groups excluding carboxylic acids is 2. The number of esters is 1. The maximum absolute atomic E-state index is 12.6. The summed E-state index contributed by atoms with van der Waals surface area (Å²) in [6.45, 7) is 8.41. The van der Waals surface area contributed by atoms with Crippen molar-refractivity contribution < 1.29 is 19.1 Å². The van der Waals surface area contributed by atoms with Crippen LogP contribution in [0.5, 0.6) is 5.75 Å². The average molecular weight is 401 g/mol. The normalized spacial score (nSPS) is 24.1. The zero-order valence-corrected chi connectivity index (χ0v) is 17.6. The zero-order chi connectivity index (χ0) is 20.4. The van der Waals surface area contributed by atoms with Gasteiger partial charge in [0.05, 0.1) is 5.41 Å². The summed E-state index contributed by atoms with van der Waals surface area (Å²) in [6, 6.07) is 5.86. The summed E-state index contributed by atoms with van der Waals surface area (Å²) in [4.78, 5) is 29.4. The number of rotatable bonds is 5. The molecule has 0 N–H and O–H groups in total. The molecule has 3 heterocycles. The number of cyclic esters (lactones) is 1. The molecule has 29 heavy (non-hydrogen) atoms. The summed E-state index contributed by atoms with van der Waals surface area (Å²) < 4.78 is 11.4. The van der Waals surface area contributed by atoms with Crippen LogP contribution < -0.4 is 4.74 Å². The molecule has 1 spiro atoms. The van der Waals surface area contributed by atoms with Gasteiger partial charge in [0.1, 0.15) is 11.9 Å². The molecule has 1 amide bonds. The van der Waals surface area contributed by atoms with Crippen molar-refractivity contribution in [1.29, 1.82) is 0 Å². The Labute approximate surface area is 173 Å². The molecule has 3 saturated heterocycles. The fraction of sp³-hybridized carbons (Fsp3) is 0.652. The van der Waals surface area contributed by atoms with Crippen LogP contribution in [-0.4, -0.2) is 67.1 Å². The molecule has 0 saturated carbocycles. The van der Waals surface area contributed by atoms with Gasteiger partial charge in [0.15, 0.2) is 6.61 Å². The number of amides is 1. The van der Waals surface area contributed by atoms with Crippen LogP contribution in [0.3, 0.4) is 0 Å². The predicted octanol–water partition coefficient (Wildman–Crippen LogP) is 2.70. The third-order valence-corrected chi connectivity index (χ3v) is 6.90. The van der Waals surface area contributed by atoms with Crippen LogP contribution in [-0.2, 0) is 14.3 Å². The number of hydrogen-bond donors (Lipinski definition) is 0. The van der Waals surface area contributed by atoms with Gasteiger partial charge in [-0.3, -0.25) is 14.5 Å². The minimum Gasteiger partial charge on any atom is -0.484 e. The van der Waals surface area contributed by atoms with Crippen LogP contribution in [0.15, 0.2) is 18.2 Å². The van der Waals surface area contributed by atoms with Crippen LogP contribution >= 0.6 is 0 Å². The molecule has 0 aliphatic carbocycles. The lowest BCUT2D eigenvalue weighted by Gasteiger charge is -2.36. The van der Waals surface area contributed by atoms with E-state index in [2.05, 4.69) is 11.8 Å². The second-order valence-electron chi connectivity index (χ2n) is 8.94. The van der Waals surface area contributed by atoms with Gasteiger partial charge in [-0.25, -0.2) is 0 Å². The Balaban J connectivity index is 1.26. The lowest BCUT2D eigenvalue weighted by molar-refractivity contribution is -0.153. The van der Waals surface area contributed by atoms with Gasteiger partial charge in [0, 0.05) is 26.1 Å². The minimum atomic E-state index is -0.393. The van der Waals surface area contributed by atoms with Crippen molar-refractivity contribution in [3.63, 3.8) is 0 Å². The first-order valence-electron chi connectivity index (χ1n) is 10.9. The summed E-state index contributed by atoms with van der Waals surface area (Å²) in [5.74, 6) is 0.650. The van der Waals surface area contributed by atoms with Crippen molar-refractivity contribution in [3.8, 4) is 5.75 Å². The number of hydrogen-bond acceptors (Lipinski definition) is 5. The fourth-order valence-electron chi connectivity index (χ4n) is 4.82. The molecule has 1 atom stereocenters. The Morgan fingerprint density at radius 1 is 1.14 bits per heavy atom. The van der Waals surface area contributed by atoms with E-state index in [1.165, 1.54) is 18.4 Å². The van der Waals surface area contributed by atoms with E-state index in [9.17, 15) is 9.59 Å². The first kappa shape index (κ1) is 20.2. The fourth-order valence-corrected chi connectivity index (χ4v) is 4.82. The second kappa shape index (κ2) is 8.34. The highest BCUT2D eigenvalue weighted by Crippen LogP contribution is 2.43. The van der Waals surface area contributed by atoms with Gasteiger partial charge in [-0.15, -0.1) is 0 Å². The zero-order valence-electron chi connectivity index (χ0n) is 17.6. The molecule has 4 rings (SSSR count). The topological polar surface area (TPSA) is 59.1 Å². The van der Waals surface area contributed by atoms with Crippen molar-refractivity contribution >= 4 is 11.9 Å². The van der Waals surface area contributed by atoms with Crippen LogP contribution in [0.2, 0.25) is 0 Å². The van der Waals surface area contributed by atoms with Gasteiger partial charge < -0.3 is 14.4 Å². The third-order valence-electron chi connectivity index (χ3n) is 6.90. The lowest BCUT2D eigenvalue weighted by Crippen LogP contribution is -2.46. The van der Waals surface area contributed by atoms with Crippen LogP contribution in [0.4, 0.5) is 0 Å². The molecular formula is C23H32N2O4. The quantitative estimate of drug-likeness (QED) is 0.712. The number of aryl methyl sites for hydroxylation is 2. The minimum absolute atomic E-state index is 0.0101. The van der Waals surface area contributed by atoms with Crippen molar-refractivity contribution in [2.75, 3.05) is 39.3 Å². The first-order chi connectivity index (χ1) is 13.9. The average Bonchev–Trinajstić information content (AvgIpc) is 3.31. The molecule has 6 nitrogen and oxygen atoms in total. The Hall–Kier alpha value is -2.08. The summed E-state index contributed by atoms with van der Waals surface area (Å²) in [6.07, 6.45) is 4.68. The smallest absolute Gasteiger partial charge is 0.312 e. The van der Waals surface area contributed by atoms with Crippen LogP contribution in [0.1, 0.15) is 43.2 Å². The summed E-state index contributed by atoms with van der Waals surface area (Å²) in [5.41, 5.74) is 1.96. The van der Waals surface area contributed by atoms with E-state index in [-0.39, 0.29) is 24.6 Å². The molecule has 1 unspecified atom stereocenters. The summed E-state index contributed by atoms with van der Waals surface area (Å²) in [5, 5.41) is 0. The van der Waals surface area contributed by atoms with E-state index in [4.69, 9.17) is 9.47 Å². The predicted molar refractivity (Wildman–Crippen MR) is 110 cm³/mol. The molecule has 3 aliphatic heterocycles. The molecule has 0 radical (unpaired) electrons. The SMILES string of the molecule is Cc1ccc(OCC(=O)N2CCC3(CC2)CC(CN2CCCC2)OC3=O)cc1C. The van der Waals surface area contributed by atoms with Gasteiger partial charge in [-0.2, -0.15) is 0 Å². The van der Waals surface area contributed by atoms with Crippen molar-refractivity contribution in [2.24, 2.45) is 5.41 Å². The van der Waals surface area contributed by atoms with Crippen molar-refractivity contribution in [1.82, 2.24) is 9.80 Å². The van der Waals surface area contributed by atoms with Crippen molar-refractivity contribution in [2.45, 2.75) is 52.1 Å². The Morgan fingerprint density at radius 3 is 2.55 bits per heavy atom. The molecule has 1 aromatic rings. The molecule has 6 heteroatoms. The standard InChI is InChI=1S/C23H32N2O4/c1-17-5-6-19(13-18(17)2)28-16-21(26)25-11-7-23(8-12-25)14-20(29-22(23)27)15-24-9-3-4-10-24/h5-6,13,20H,3-4,7-12,14-16H2,1-2H3. The van der Waals surface area contributed by atoms with E-state index in [1.54, 1.807) is 0 Å². The molecule has 0 bridgehead atoms. The highest BCUT2D eigenvalue weighted by molar-refractivity contribution is 5.81. The molecule has 158 valence electrons. The number of benzene rings is 1. The van der Waals surface area contributed by atoms with E-state index in [0.29, 0.717) is 25.9 Å². The molecule has 3 fully saturated rings. The first-order valence-corrected chi connectivity index (χ1v) is 10.9. The Kier molecular flexibility index (Phi) is 5.81. The van der Waals surface area contributed by atoms with Gasteiger partial charge in [-0.05, 0) is 75.9 Å². The second-order valence-corrected chi connectivity index (χ2v) is 8.94. The number of carbonyl (C=O) groups is 2. The molecule has 3 aliphatic rings. The van der Waals surface area contributed by atoms with Gasteiger partial charge in [0.2, 0.25) is 0 Å². The molecular weight excluding hydrogens is 368 g/mol.